The molecule has 6 nitrogen and oxygen atoms in total. The molecular formula is C11H12N2O4. The SMILES string of the molecule is C[C@H](O)C(=O)N/N=C\c1ccc2c(c1)OCO2. The fraction of sp³-hybridized carbons (Fsp3) is 0.273. The molecule has 90 valence electrons. The molecule has 2 rings (SSSR count). The molecule has 0 fully saturated rings. The van der Waals surface area contributed by atoms with Crippen LogP contribution in [0.4, 0.5) is 0 Å². The van der Waals surface area contributed by atoms with E-state index in [0.717, 1.165) is 5.56 Å². The predicted molar refractivity (Wildman–Crippen MR) is 60.0 cm³/mol. The number of aliphatic hydroxyl groups is 1. The number of carbonyl (C=O) groups is 1. The number of hydrogen-bond acceptors (Lipinski definition) is 5. The summed E-state index contributed by atoms with van der Waals surface area (Å²) in [6, 6.07) is 5.30. The summed E-state index contributed by atoms with van der Waals surface area (Å²) in [6.45, 7) is 1.58. The highest BCUT2D eigenvalue weighted by atomic mass is 16.7. The zero-order chi connectivity index (χ0) is 12.3. The molecule has 1 atom stereocenters. The summed E-state index contributed by atoms with van der Waals surface area (Å²) in [6.07, 6.45) is 0.381. The molecule has 0 aromatic heterocycles. The van der Waals surface area contributed by atoms with Crippen molar-refractivity contribution in [1.82, 2.24) is 5.43 Å². The van der Waals surface area contributed by atoms with E-state index < -0.39 is 12.0 Å². The van der Waals surface area contributed by atoms with Crippen LogP contribution in [0.1, 0.15) is 12.5 Å². The molecule has 17 heavy (non-hydrogen) atoms. The number of benzene rings is 1. The van der Waals surface area contributed by atoms with Crippen LogP contribution in [0.25, 0.3) is 0 Å². The lowest BCUT2D eigenvalue weighted by Crippen LogP contribution is -2.28. The lowest BCUT2D eigenvalue weighted by molar-refractivity contribution is -0.128. The number of rotatable bonds is 3. The molecule has 1 aliphatic rings. The van der Waals surface area contributed by atoms with Crippen molar-refractivity contribution in [3.05, 3.63) is 23.8 Å². The number of carbonyl (C=O) groups excluding carboxylic acids is 1. The van der Waals surface area contributed by atoms with Crippen LogP contribution in [0.2, 0.25) is 0 Å². The Kier molecular flexibility index (Phi) is 3.24. The molecule has 1 heterocycles. The molecule has 1 aromatic carbocycles. The number of hydrazone groups is 1. The Morgan fingerprint density at radius 1 is 1.53 bits per heavy atom. The average molecular weight is 236 g/mol. The van der Waals surface area contributed by atoms with Crippen LogP contribution in [0, 0.1) is 0 Å². The molecule has 0 bridgehead atoms. The normalized spacial score (nSPS) is 14.9. The zero-order valence-electron chi connectivity index (χ0n) is 9.21. The molecule has 0 saturated heterocycles. The van der Waals surface area contributed by atoms with Gasteiger partial charge in [0.1, 0.15) is 6.10 Å². The van der Waals surface area contributed by atoms with Crippen molar-refractivity contribution in [2.75, 3.05) is 6.79 Å². The van der Waals surface area contributed by atoms with E-state index in [1.807, 2.05) is 0 Å². The van der Waals surface area contributed by atoms with Gasteiger partial charge in [0, 0.05) is 0 Å². The lowest BCUT2D eigenvalue weighted by atomic mass is 10.2. The molecule has 0 aliphatic carbocycles. The number of nitrogens with one attached hydrogen (secondary N) is 1. The molecule has 0 spiro atoms. The van der Waals surface area contributed by atoms with E-state index in [1.165, 1.54) is 13.1 Å². The minimum Gasteiger partial charge on any atom is -0.454 e. The molecule has 6 heteroatoms. The summed E-state index contributed by atoms with van der Waals surface area (Å²) in [7, 11) is 0. The third kappa shape index (κ3) is 2.73. The largest absolute Gasteiger partial charge is 0.454 e. The van der Waals surface area contributed by atoms with Gasteiger partial charge >= 0.3 is 0 Å². The quantitative estimate of drug-likeness (QED) is 0.582. The maximum Gasteiger partial charge on any atom is 0.268 e. The Morgan fingerprint density at radius 3 is 3.06 bits per heavy atom. The van der Waals surface area contributed by atoms with Crippen molar-refractivity contribution >= 4 is 12.1 Å². The van der Waals surface area contributed by atoms with E-state index in [4.69, 9.17) is 14.6 Å². The Morgan fingerprint density at radius 2 is 2.29 bits per heavy atom. The van der Waals surface area contributed by atoms with Crippen molar-refractivity contribution in [3.63, 3.8) is 0 Å². The third-order valence-corrected chi connectivity index (χ3v) is 2.16. The van der Waals surface area contributed by atoms with E-state index >= 15 is 0 Å². The first-order valence-corrected chi connectivity index (χ1v) is 5.07. The molecule has 1 amide bonds. The highest BCUT2D eigenvalue weighted by Gasteiger charge is 2.12. The van der Waals surface area contributed by atoms with Crippen LogP contribution in [-0.4, -0.2) is 30.1 Å². The molecular weight excluding hydrogens is 224 g/mol. The highest BCUT2D eigenvalue weighted by molar-refractivity contribution is 5.84. The van der Waals surface area contributed by atoms with Crippen LogP contribution in [-0.2, 0) is 4.79 Å². The van der Waals surface area contributed by atoms with E-state index in [-0.39, 0.29) is 6.79 Å². The second-order valence-electron chi connectivity index (χ2n) is 3.52. The van der Waals surface area contributed by atoms with E-state index in [0.29, 0.717) is 11.5 Å². The predicted octanol–water partition coefficient (Wildman–Crippen LogP) is 0.246. The fourth-order valence-corrected chi connectivity index (χ4v) is 1.26. The number of amides is 1. The summed E-state index contributed by atoms with van der Waals surface area (Å²) in [5.41, 5.74) is 2.97. The Labute approximate surface area is 97.8 Å². The summed E-state index contributed by atoms with van der Waals surface area (Å²) < 4.78 is 10.4. The second-order valence-corrected chi connectivity index (χ2v) is 3.52. The van der Waals surface area contributed by atoms with Crippen LogP contribution in [0.5, 0.6) is 11.5 Å². The number of hydrogen-bond donors (Lipinski definition) is 2. The van der Waals surface area contributed by atoms with Gasteiger partial charge in [-0.3, -0.25) is 4.79 Å². The summed E-state index contributed by atoms with van der Waals surface area (Å²) in [5, 5.41) is 12.6. The van der Waals surface area contributed by atoms with E-state index in [9.17, 15) is 4.79 Å². The molecule has 2 N–H and O–H groups in total. The first-order chi connectivity index (χ1) is 8.16. The van der Waals surface area contributed by atoms with Gasteiger partial charge < -0.3 is 14.6 Å². The maximum atomic E-state index is 11.0. The standard InChI is InChI=1S/C11H12N2O4/c1-7(14)11(15)13-12-5-8-2-3-9-10(4-8)17-6-16-9/h2-5,7,14H,6H2,1H3,(H,13,15)/b12-5-/t7-/m0/s1. The number of nitrogens with zero attached hydrogens (tertiary/aromatic N) is 1. The molecule has 0 unspecified atom stereocenters. The Balaban J connectivity index is 1.99. The minimum absolute atomic E-state index is 0.217. The van der Waals surface area contributed by atoms with Crippen molar-refractivity contribution in [2.24, 2.45) is 5.10 Å². The zero-order valence-corrected chi connectivity index (χ0v) is 9.21. The Hall–Kier alpha value is -2.08. The van der Waals surface area contributed by atoms with Gasteiger partial charge in [0.25, 0.3) is 5.91 Å². The van der Waals surface area contributed by atoms with Gasteiger partial charge in [-0.2, -0.15) is 5.10 Å². The van der Waals surface area contributed by atoms with Gasteiger partial charge in [-0.1, -0.05) is 0 Å². The number of fused-ring (bicyclic) bond motifs is 1. The molecule has 1 aromatic rings. The average Bonchev–Trinajstić information content (AvgIpc) is 2.75. The smallest absolute Gasteiger partial charge is 0.268 e. The first kappa shape index (κ1) is 11.4. The van der Waals surface area contributed by atoms with E-state index in [1.54, 1.807) is 18.2 Å². The maximum absolute atomic E-state index is 11.0. The van der Waals surface area contributed by atoms with Gasteiger partial charge in [0.2, 0.25) is 6.79 Å². The van der Waals surface area contributed by atoms with Crippen LogP contribution in [0.15, 0.2) is 23.3 Å². The van der Waals surface area contributed by atoms with Gasteiger partial charge in [-0.15, -0.1) is 0 Å². The van der Waals surface area contributed by atoms with E-state index in [2.05, 4.69) is 10.5 Å². The number of aliphatic hydroxyl groups excluding tert-OH is 1. The van der Waals surface area contributed by atoms with Crippen LogP contribution in [0.3, 0.4) is 0 Å². The summed E-state index contributed by atoms with van der Waals surface area (Å²) in [5.74, 6) is 0.785. The number of ether oxygens (including phenoxy) is 2. The van der Waals surface area contributed by atoms with Gasteiger partial charge in [0.05, 0.1) is 6.21 Å². The summed E-state index contributed by atoms with van der Waals surface area (Å²) in [4.78, 5) is 11.0. The molecule has 0 radical (unpaired) electrons. The molecule has 1 aliphatic heterocycles. The monoisotopic (exact) mass is 236 g/mol. The van der Waals surface area contributed by atoms with Crippen molar-refractivity contribution in [3.8, 4) is 11.5 Å². The summed E-state index contributed by atoms with van der Waals surface area (Å²) >= 11 is 0. The minimum atomic E-state index is -1.08. The fourth-order valence-electron chi connectivity index (χ4n) is 1.26. The van der Waals surface area contributed by atoms with Gasteiger partial charge in [-0.05, 0) is 30.7 Å². The van der Waals surface area contributed by atoms with Crippen LogP contribution < -0.4 is 14.9 Å². The van der Waals surface area contributed by atoms with Crippen molar-refractivity contribution in [1.29, 1.82) is 0 Å². The first-order valence-electron chi connectivity index (χ1n) is 5.07. The van der Waals surface area contributed by atoms with Gasteiger partial charge in [0.15, 0.2) is 11.5 Å². The highest BCUT2D eigenvalue weighted by Crippen LogP contribution is 2.31. The van der Waals surface area contributed by atoms with Crippen molar-refractivity contribution in [2.45, 2.75) is 13.0 Å². The topological polar surface area (TPSA) is 80.2 Å². The lowest BCUT2D eigenvalue weighted by Gasteiger charge is -2.01. The third-order valence-electron chi connectivity index (χ3n) is 2.16. The second kappa shape index (κ2) is 4.84. The molecule has 0 saturated carbocycles. The van der Waals surface area contributed by atoms with Gasteiger partial charge in [-0.25, -0.2) is 5.43 Å². The van der Waals surface area contributed by atoms with Crippen molar-refractivity contribution < 1.29 is 19.4 Å². The van der Waals surface area contributed by atoms with Crippen LogP contribution >= 0.6 is 0 Å². The Bertz CT molecular complexity index is 457.